The number of rotatable bonds is 13. The van der Waals surface area contributed by atoms with E-state index >= 15 is 0 Å². The molecule has 0 unspecified atom stereocenters. The molecule has 0 atom stereocenters. The van der Waals surface area contributed by atoms with Crippen LogP contribution in [-0.2, 0) is 5.41 Å². The lowest BCUT2D eigenvalue weighted by Crippen LogP contribution is -2.31. The van der Waals surface area contributed by atoms with Gasteiger partial charge in [0.25, 0.3) is 0 Å². The molecule has 0 bridgehead atoms. The third-order valence-corrected chi connectivity index (χ3v) is 11.3. The Morgan fingerprint density at radius 3 is 1.44 bits per heavy atom. The second kappa shape index (κ2) is 19.1. The van der Waals surface area contributed by atoms with Crippen molar-refractivity contribution < 1.29 is 0 Å². The van der Waals surface area contributed by atoms with E-state index in [2.05, 4.69) is 183 Å². The Labute approximate surface area is 366 Å². The third-order valence-electron chi connectivity index (χ3n) is 11.3. The van der Waals surface area contributed by atoms with Crippen molar-refractivity contribution in [1.82, 2.24) is 9.97 Å². The van der Waals surface area contributed by atoms with Crippen LogP contribution in [0.3, 0.4) is 0 Å². The number of benzene rings is 7. The molecule has 8 rings (SSSR count). The van der Waals surface area contributed by atoms with E-state index in [1.54, 1.807) is 0 Å². The first-order valence-electron chi connectivity index (χ1n) is 21.1. The summed E-state index contributed by atoms with van der Waals surface area (Å²) in [4.78, 5) is 15.4. The summed E-state index contributed by atoms with van der Waals surface area (Å²) in [5.74, 6) is 0.693. The molecule has 0 fully saturated rings. The maximum absolute atomic E-state index is 5.24. The molecule has 3 heteroatoms. The Bertz CT molecular complexity index is 2830. The van der Waals surface area contributed by atoms with Crippen LogP contribution >= 0.6 is 0 Å². The molecule has 0 aliphatic heterocycles. The zero-order valence-corrected chi connectivity index (χ0v) is 35.5. The van der Waals surface area contributed by atoms with Crippen molar-refractivity contribution >= 4 is 22.6 Å². The number of aromatic nitrogens is 2. The quantitative estimate of drug-likeness (QED) is 0.0662. The van der Waals surface area contributed by atoms with Crippen molar-refractivity contribution in [3.05, 3.63) is 282 Å². The van der Waals surface area contributed by atoms with Crippen LogP contribution < -0.4 is 0 Å². The smallest absolute Gasteiger partial charge is 0.160 e. The van der Waals surface area contributed by atoms with Crippen LogP contribution in [0, 0.1) is 0 Å². The van der Waals surface area contributed by atoms with Gasteiger partial charge in [0, 0.05) is 28.0 Å². The van der Waals surface area contributed by atoms with E-state index in [4.69, 9.17) is 15.0 Å². The summed E-state index contributed by atoms with van der Waals surface area (Å²) in [6, 6.07) is 72.5. The standard InChI is InChI=1S/C59H49N3/c1-5-22-45(6-2)58-61-56(48-27-16-9-17-28-48)42-57(62-58)50-35-39-54(40-36-50)59(51-29-18-10-19-30-51,52-31-20-11-21-32-52)53-37-33-49(34-38-53)55(41-43(3)46-23-12-7-13-24-46)60-44(4)47-25-14-8-15-26-47/h5-42H,3H2,1-2,4H3/b22-5-,45-6+,55-41-,60-44+. The minimum absolute atomic E-state index is 0.656. The molecule has 0 amide bonds. The molecular formula is C59H49N3. The van der Waals surface area contributed by atoms with Crippen molar-refractivity contribution in [1.29, 1.82) is 0 Å². The molecule has 300 valence electrons. The first-order chi connectivity index (χ1) is 30.5. The summed E-state index contributed by atoms with van der Waals surface area (Å²) in [6.07, 6.45) is 8.24. The van der Waals surface area contributed by atoms with E-state index in [-0.39, 0.29) is 0 Å². The van der Waals surface area contributed by atoms with Gasteiger partial charge in [-0.2, -0.15) is 0 Å². The maximum atomic E-state index is 5.24. The van der Waals surface area contributed by atoms with Gasteiger partial charge in [0.05, 0.1) is 22.5 Å². The lowest BCUT2D eigenvalue weighted by atomic mass is 9.65. The largest absolute Gasteiger partial charge is 0.252 e. The second-order valence-electron chi connectivity index (χ2n) is 15.2. The van der Waals surface area contributed by atoms with Crippen molar-refractivity contribution in [2.24, 2.45) is 4.99 Å². The van der Waals surface area contributed by atoms with Crippen molar-refractivity contribution in [2.75, 3.05) is 0 Å². The molecule has 8 aromatic rings. The van der Waals surface area contributed by atoms with Gasteiger partial charge in [-0.1, -0.05) is 225 Å². The predicted octanol–water partition coefficient (Wildman–Crippen LogP) is 14.7. The van der Waals surface area contributed by atoms with Crippen LogP contribution in [0.2, 0.25) is 0 Å². The average Bonchev–Trinajstić information content (AvgIpc) is 3.35. The molecule has 0 radical (unpaired) electrons. The van der Waals surface area contributed by atoms with Crippen LogP contribution in [0.5, 0.6) is 0 Å². The van der Waals surface area contributed by atoms with Crippen molar-refractivity contribution in [3.63, 3.8) is 0 Å². The molecule has 7 aromatic carbocycles. The Kier molecular flexibility index (Phi) is 12.6. The molecule has 0 aliphatic rings. The SMILES string of the molecule is C=C(/C=C(\N=C(/C)c1ccccc1)c1ccc(C(c2ccccc2)(c2ccccc2)c2ccc(-c3cc(-c4ccccc4)nc(C(/C=C\C)=C/C)n3)cc2)cc1)c1ccccc1. The number of nitrogens with zero attached hydrogens (tertiary/aromatic N) is 3. The van der Waals surface area contributed by atoms with Gasteiger partial charge in [0.15, 0.2) is 5.82 Å². The van der Waals surface area contributed by atoms with E-state index in [9.17, 15) is 0 Å². The zero-order valence-electron chi connectivity index (χ0n) is 35.5. The fourth-order valence-corrected chi connectivity index (χ4v) is 8.12. The van der Waals surface area contributed by atoms with Crippen LogP contribution in [0.4, 0.5) is 0 Å². The summed E-state index contributed by atoms with van der Waals surface area (Å²) in [6.45, 7) is 10.6. The lowest BCUT2D eigenvalue weighted by Gasteiger charge is -2.37. The molecular weight excluding hydrogens is 751 g/mol. The molecule has 0 saturated carbocycles. The van der Waals surface area contributed by atoms with E-state index in [1.807, 2.05) is 74.5 Å². The summed E-state index contributed by atoms with van der Waals surface area (Å²) in [5, 5.41) is 0. The number of allylic oxidation sites excluding steroid dienone is 6. The summed E-state index contributed by atoms with van der Waals surface area (Å²) in [5.41, 5.74) is 14.5. The zero-order chi connectivity index (χ0) is 42.7. The van der Waals surface area contributed by atoms with Crippen molar-refractivity contribution in [2.45, 2.75) is 26.2 Å². The van der Waals surface area contributed by atoms with Gasteiger partial charge in [0.2, 0.25) is 0 Å². The third kappa shape index (κ3) is 8.75. The van der Waals surface area contributed by atoms with Gasteiger partial charge in [0.1, 0.15) is 0 Å². The highest BCUT2D eigenvalue weighted by Gasteiger charge is 2.38. The number of hydrogen-bond donors (Lipinski definition) is 0. The van der Waals surface area contributed by atoms with Crippen molar-refractivity contribution in [3.8, 4) is 22.5 Å². The fourth-order valence-electron chi connectivity index (χ4n) is 8.12. The Morgan fingerprint density at radius 2 is 0.935 bits per heavy atom. The first-order valence-corrected chi connectivity index (χ1v) is 21.1. The molecule has 0 aliphatic carbocycles. The second-order valence-corrected chi connectivity index (χ2v) is 15.2. The van der Waals surface area contributed by atoms with Crippen LogP contribution in [0.15, 0.2) is 242 Å². The summed E-state index contributed by atoms with van der Waals surface area (Å²) in [7, 11) is 0. The maximum Gasteiger partial charge on any atom is 0.160 e. The Hall–Kier alpha value is -7.75. The highest BCUT2D eigenvalue weighted by molar-refractivity contribution is 6.02. The van der Waals surface area contributed by atoms with Crippen LogP contribution in [0.25, 0.3) is 39.4 Å². The molecule has 0 N–H and O–H groups in total. The number of aliphatic imine (C=N–C) groups is 1. The molecule has 0 saturated heterocycles. The Morgan fingerprint density at radius 1 is 0.500 bits per heavy atom. The van der Waals surface area contributed by atoms with E-state index in [0.717, 1.165) is 84.0 Å². The van der Waals surface area contributed by atoms with Gasteiger partial charge < -0.3 is 0 Å². The minimum Gasteiger partial charge on any atom is -0.252 e. The number of hydrogen-bond acceptors (Lipinski definition) is 3. The van der Waals surface area contributed by atoms with Crippen LogP contribution in [-0.4, -0.2) is 15.7 Å². The molecule has 1 heterocycles. The molecule has 1 aromatic heterocycles. The topological polar surface area (TPSA) is 38.1 Å². The molecule has 62 heavy (non-hydrogen) atoms. The van der Waals surface area contributed by atoms with Gasteiger partial charge in [-0.25, -0.2) is 9.97 Å². The minimum atomic E-state index is -0.656. The van der Waals surface area contributed by atoms with Gasteiger partial charge in [-0.05, 0) is 71.9 Å². The fraction of sp³-hybridized carbons (Fsp3) is 0.0678. The Balaban J connectivity index is 1.28. The first kappa shape index (κ1) is 41.0. The lowest BCUT2D eigenvalue weighted by molar-refractivity contribution is 0.745. The normalized spacial score (nSPS) is 12.4. The monoisotopic (exact) mass is 799 g/mol. The average molecular weight is 800 g/mol. The van der Waals surface area contributed by atoms with Gasteiger partial charge in [-0.3, -0.25) is 4.99 Å². The van der Waals surface area contributed by atoms with Gasteiger partial charge in [-0.15, -0.1) is 0 Å². The summed E-state index contributed by atoms with van der Waals surface area (Å²) < 4.78 is 0. The highest BCUT2D eigenvalue weighted by Crippen LogP contribution is 2.46. The highest BCUT2D eigenvalue weighted by atomic mass is 14.9. The van der Waals surface area contributed by atoms with E-state index < -0.39 is 5.41 Å². The molecule has 3 nitrogen and oxygen atoms in total. The van der Waals surface area contributed by atoms with Crippen LogP contribution in [0.1, 0.15) is 65.5 Å². The summed E-state index contributed by atoms with van der Waals surface area (Å²) >= 11 is 0. The van der Waals surface area contributed by atoms with E-state index in [0.29, 0.717) is 5.82 Å². The molecule has 0 spiro atoms. The predicted molar refractivity (Wildman–Crippen MR) is 262 cm³/mol. The van der Waals surface area contributed by atoms with Gasteiger partial charge >= 0.3 is 0 Å². The van der Waals surface area contributed by atoms with E-state index in [1.165, 1.54) is 0 Å².